The molecule has 0 aliphatic carbocycles. The number of likely N-dealkylation sites (tertiary alicyclic amines) is 1. The van der Waals surface area contributed by atoms with Crippen LogP contribution in [0.5, 0.6) is 0 Å². The number of hydrogen-bond acceptors (Lipinski definition) is 7. The van der Waals surface area contributed by atoms with Crippen molar-refractivity contribution in [2.24, 2.45) is 10.3 Å². The summed E-state index contributed by atoms with van der Waals surface area (Å²) in [5.41, 5.74) is 0.628. The highest BCUT2D eigenvalue weighted by molar-refractivity contribution is 7.90. The Bertz CT molecular complexity index is 1130. The van der Waals surface area contributed by atoms with Crippen LogP contribution < -0.4 is 5.32 Å². The summed E-state index contributed by atoms with van der Waals surface area (Å²) in [4.78, 5) is 19.0. The molecular formula is C23H28N4O4S2. The second-order valence-electron chi connectivity index (χ2n) is 8.60. The molecule has 1 amide bonds. The first-order valence-corrected chi connectivity index (χ1v) is 13.7. The molecule has 1 aromatic carbocycles. The van der Waals surface area contributed by atoms with Crippen LogP contribution in [0.15, 0.2) is 51.1 Å². The number of fused-ring (bicyclic) bond motifs is 1. The molecule has 10 heteroatoms. The van der Waals surface area contributed by atoms with E-state index in [1.807, 2.05) is 17.0 Å². The molecule has 5 rings (SSSR count). The zero-order valence-corrected chi connectivity index (χ0v) is 20.0. The lowest BCUT2D eigenvalue weighted by atomic mass is 9.96. The number of piperidine rings is 1. The number of carbonyl (C=O) groups excluding carboxylic acids is 1. The number of rotatable bonds is 5. The fraction of sp³-hybridized carbons (Fsp3) is 0.478. The third-order valence-electron chi connectivity index (χ3n) is 6.53. The molecule has 33 heavy (non-hydrogen) atoms. The van der Waals surface area contributed by atoms with Crippen molar-refractivity contribution in [3.8, 4) is 0 Å². The molecule has 1 aromatic heterocycles. The topological polar surface area (TPSA) is 91.3 Å². The van der Waals surface area contributed by atoms with E-state index < -0.39 is 10.0 Å². The molecule has 0 radical (unpaired) electrons. The summed E-state index contributed by atoms with van der Waals surface area (Å²) in [5.74, 6) is 0.280. The zero-order chi connectivity index (χ0) is 22.8. The van der Waals surface area contributed by atoms with Gasteiger partial charge in [0.05, 0.1) is 25.2 Å². The smallest absolute Gasteiger partial charge is 0.285 e. The molecule has 2 aromatic rings. The van der Waals surface area contributed by atoms with E-state index in [4.69, 9.17) is 4.74 Å². The molecule has 0 spiro atoms. The van der Waals surface area contributed by atoms with Crippen LogP contribution in [-0.4, -0.2) is 75.9 Å². The third-order valence-corrected chi connectivity index (χ3v) is 8.83. The van der Waals surface area contributed by atoms with Gasteiger partial charge in [-0.1, -0.05) is 18.2 Å². The first kappa shape index (κ1) is 22.5. The summed E-state index contributed by atoms with van der Waals surface area (Å²) in [5, 5.41) is 5.25. The molecule has 4 heterocycles. The molecule has 3 aliphatic heterocycles. The van der Waals surface area contributed by atoms with E-state index in [0.717, 1.165) is 25.9 Å². The Morgan fingerprint density at radius 3 is 2.79 bits per heavy atom. The van der Waals surface area contributed by atoms with Crippen molar-refractivity contribution in [1.82, 2.24) is 15.1 Å². The van der Waals surface area contributed by atoms with Gasteiger partial charge in [0.2, 0.25) is 5.91 Å². The molecule has 0 saturated carbocycles. The molecule has 2 fully saturated rings. The number of carbonyl (C=O) groups is 1. The molecule has 1 N–H and O–H groups in total. The Morgan fingerprint density at radius 1 is 1.18 bits per heavy atom. The Labute approximate surface area is 198 Å². The molecule has 8 nitrogen and oxygen atoms in total. The van der Waals surface area contributed by atoms with Gasteiger partial charge in [0.1, 0.15) is 4.90 Å². The minimum Gasteiger partial charge on any atom is -0.379 e. The van der Waals surface area contributed by atoms with E-state index in [2.05, 4.69) is 26.1 Å². The predicted molar refractivity (Wildman–Crippen MR) is 127 cm³/mol. The van der Waals surface area contributed by atoms with Crippen LogP contribution in [0.4, 0.5) is 0 Å². The number of amidine groups is 1. The highest BCUT2D eigenvalue weighted by Gasteiger charge is 2.35. The average molecular weight is 489 g/mol. The number of nitrogens with one attached hydrogen (secondary N) is 1. The Kier molecular flexibility index (Phi) is 6.51. The maximum Gasteiger partial charge on any atom is 0.285 e. The van der Waals surface area contributed by atoms with Gasteiger partial charge in [0.15, 0.2) is 5.84 Å². The monoisotopic (exact) mass is 488 g/mol. The third kappa shape index (κ3) is 4.70. The summed E-state index contributed by atoms with van der Waals surface area (Å²) in [7, 11) is -3.67. The number of nitrogens with zero attached hydrogens (tertiary/aromatic N) is 3. The van der Waals surface area contributed by atoms with Crippen molar-refractivity contribution in [2.45, 2.75) is 23.8 Å². The summed E-state index contributed by atoms with van der Waals surface area (Å²) in [6.45, 7) is 4.83. The van der Waals surface area contributed by atoms with Crippen LogP contribution in [-0.2, 0) is 19.6 Å². The predicted octanol–water partition coefficient (Wildman–Crippen LogP) is 2.10. The minimum atomic E-state index is -3.67. The maximum absolute atomic E-state index is 13.2. The standard InChI is InChI=1S/C23H28N4O4S2/c28-23(24-15-19(20-7-4-14-32-20)26-10-12-31-13-11-26)17-5-3-9-27(16-17)22-18-6-1-2-8-21(18)33(29,30)25-22/h1-2,4,6-8,14,17,19H,3,5,9-13,15-16H2,(H,24,28)/t17-,19-/m1/s1. The fourth-order valence-corrected chi connectivity index (χ4v) is 6.91. The zero-order valence-electron chi connectivity index (χ0n) is 18.4. The highest BCUT2D eigenvalue weighted by Crippen LogP contribution is 2.30. The first-order chi connectivity index (χ1) is 16.0. The number of sulfonamides is 1. The second kappa shape index (κ2) is 9.54. The Morgan fingerprint density at radius 2 is 2.00 bits per heavy atom. The van der Waals surface area contributed by atoms with Crippen molar-refractivity contribution in [1.29, 1.82) is 0 Å². The van der Waals surface area contributed by atoms with Crippen molar-refractivity contribution in [3.63, 3.8) is 0 Å². The van der Waals surface area contributed by atoms with Crippen LogP contribution in [0.2, 0.25) is 0 Å². The van der Waals surface area contributed by atoms with Crippen molar-refractivity contribution in [2.75, 3.05) is 45.9 Å². The maximum atomic E-state index is 13.2. The molecule has 0 bridgehead atoms. The van der Waals surface area contributed by atoms with Gasteiger partial charge in [-0.2, -0.15) is 8.42 Å². The molecule has 2 atom stereocenters. The number of amides is 1. The van der Waals surface area contributed by atoms with Gasteiger partial charge < -0.3 is 15.0 Å². The Balaban J connectivity index is 1.26. The van der Waals surface area contributed by atoms with Gasteiger partial charge >= 0.3 is 0 Å². The van der Waals surface area contributed by atoms with Crippen LogP contribution in [0.25, 0.3) is 0 Å². The molecule has 0 unspecified atom stereocenters. The molecular weight excluding hydrogens is 460 g/mol. The van der Waals surface area contributed by atoms with Gasteiger partial charge in [0, 0.05) is 43.2 Å². The lowest BCUT2D eigenvalue weighted by Gasteiger charge is -2.36. The molecule has 2 saturated heterocycles. The number of morpholine rings is 1. The van der Waals surface area contributed by atoms with E-state index in [1.165, 1.54) is 4.88 Å². The van der Waals surface area contributed by atoms with Gasteiger partial charge in [-0.05, 0) is 36.4 Å². The van der Waals surface area contributed by atoms with Crippen molar-refractivity contribution < 1.29 is 17.9 Å². The lowest BCUT2D eigenvalue weighted by Crippen LogP contribution is -2.48. The van der Waals surface area contributed by atoms with E-state index in [0.29, 0.717) is 44.2 Å². The van der Waals surface area contributed by atoms with Crippen LogP contribution in [0, 0.1) is 5.92 Å². The van der Waals surface area contributed by atoms with Gasteiger partial charge in [0.25, 0.3) is 10.0 Å². The van der Waals surface area contributed by atoms with Gasteiger partial charge in [-0.3, -0.25) is 9.69 Å². The number of ether oxygens (including phenoxy) is 1. The van der Waals surface area contributed by atoms with Crippen molar-refractivity contribution >= 4 is 33.1 Å². The van der Waals surface area contributed by atoms with E-state index in [-0.39, 0.29) is 22.8 Å². The fourth-order valence-electron chi connectivity index (χ4n) is 4.82. The largest absolute Gasteiger partial charge is 0.379 e. The second-order valence-corrected chi connectivity index (χ2v) is 11.1. The number of thiophene rings is 1. The van der Waals surface area contributed by atoms with E-state index >= 15 is 0 Å². The summed E-state index contributed by atoms with van der Waals surface area (Å²) < 4.78 is 34.5. The van der Waals surface area contributed by atoms with Crippen LogP contribution >= 0.6 is 11.3 Å². The van der Waals surface area contributed by atoms with Crippen LogP contribution in [0.3, 0.4) is 0 Å². The summed E-state index contributed by atoms with van der Waals surface area (Å²) in [6.07, 6.45) is 1.60. The minimum absolute atomic E-state index is 0.0178. The Hall–Kier alpha value is -2.27. The normalized spacial score (nSPS) is 23.6. The van der Waals surface area contributed by atoms with Crippen molar-refractivity contribution in [3.05, 3.63) is 52.2 Å². The van der Waals surface area contributed by atoms with E-state index in [9.17, 15) is 13.2 Å². The van der Waals surface area contributed by atoms with Gasteiger partial charge in [-0.25, -0.2) is 0 Å². The van der Waals surface area contributed by atoms with Crippen LogP contribution in [0.1, 0.15) is 29.3 Å². The number of hydrogen-bond donors (Lipinski definition) is 1. The lowest BCUT2D eigenvalue weighted by molar-refractivity contribution is -0.126. The summed E-state index contributed by atoms with van der Waals surface area (Å²) >= 11 is 1.71. The SMILES string of the molecule is O=C(NC[C@H](c1cccs1)N1CCOCC1)[C@@H]1CCCN(C2=NS(=O)(=O)c3ccccc32)C1. The molecule has 176 valence electrons. The summed E-state index contributed by atoms with van der Waals surface area (Å²) in [6, 6.07) is 11.2. The first-order valence-electron chi connectivity index (χ1n) is 11.3. The highest BCUT2D eigenvalue weighted by atomic mass is 32.2. The number of benzene rings is 1. The quantitative estimate of drug-likeness (QED) is 0.693. The molecule has 3 aliphatic rings. The average Bonchev–Trinajstić information content (AvgIpc) is 3.47. The van der Waals surface area contributed by atoms with Gasteiger partial charge in [-0.15, -0.1) is 15.7 Å². The van der Waals surface area contributed by atoms with E-state index in [1.54, 1.807) is 29.5 Å².